The van der Waals surface area contributed by atoms with E-state index in [0.29, 0.717) is 11.6 Å². The van der Waals surface area contributed by atoms with E-state index in [0.717, 1.165) is 28.3 Å². The fourth-order valence-corrected chi connectivity index (χ4v) is 3.02. The minimum absolute atomic E-state index is 0.263. The number of hydrogen-bond acceptors (Lipinski definition) is 2. The summed E-state index contributed by atoms with van der Waals surface area (Å²) in [6.45, 7) is 0.609. The van der Waals surface area contributed by atoms with Gasteiger partial charge in [-0.3, -0.25) is 4.40 Å². The van der Waals surface area contributed by atoms with Crippen LogP contribution in [0.5, 0.6) is 0 Å². The molecule has 0 fully saturated rings. The summed E-state index contributed by atoms with van der Waals surface area (Å²) in [6, 6.07) is 19.9. The number of aromatic nitrogens is 2. The van der Waals surface area contributed by atoms with Crippen molar-refractivity contribution < 1.29 is 4.39 Å². The Balaban J connectivity index is 1.75. The zero-order chi connectivity index (χ0) is 17.2. The van der Waals surface area contributed by atoms with Crippen molar-refractivity contribution in [3.63, 3.8) is 0 Å². The fraction of sp³-hybridized carbons (Fsp3) is 0.0500. The van der Waals surface area contributed by atoms with Crippen molar-refractivity contribution in [3.05, 3.63) is 89.3 Å². The molecule has 0 atom stereocenters. The molecule has 25 heavy (non-hydrogen) atoms. The Morgan fingerprint density at radius 1 is 1.00 bits per heavy atom. The average Bonchev–Trinajstić information content (AvgIpc) is 2.99. The topological polar surface area (TPSA) is 29.3 Å². The van der Waals surface area contributed by atoms with Crippen LogP contribution in [-0.2, 0) is 6.54 Å². The number of nitrogens with one attached hydrogen (secondary N) is 1. The molecule has 0 saturated heterocycles. The average molecular weight is 352 g/mol. The first-order valence-corrected chi connectivity index (χ1v) is 8.30. The number of pyridine rings is 1. The predicted molar refractivity (Wildman–Crippen MR) is 99.4 cm³/mol. The maximum Gasteiger partial charge on any atom is 0.139 e. The molecular weight excluding hydrogens is 337 g/mol. The summed E-state index contributed by atoms with van der Waals surface area (Å²) in [4.78, 5) is 4.69. The second-order valence-electron chi connectivity index (χ2n) is 5.73. The van der Waals surface area contributed by atoms with Crippen LogP contribution in [0.3, 0.4) is 0 Å². The molecule has 2 heterocycles. The quantitative estimate of drug-likeness (QED) is 0.533. The van der Waals surface area contributed by atoms with Gasteiger partial charge in [-0.05, 0) is 54.1 Å². The second-order valence-corrected chi connectivity index (χ2v) is 6.16. The Hall–Kier alpha value is -2.85. The minimum Gasteiger partial charge on any atom is -0.365 e. The zero-order valence-electron chi connectivity index (χ0n) is 13.3. The van der Waals surface area contributed by atoms with Gasteiger partial charge < -0.3 is 5.32 Å². The molecular formula is C20H15ClFN3. The van der Waals surface area contributed by atoms with Crippen molar-refractivity contribution in [2.75, 3.05) is 5.32 Å². The van der Waals surface area contributed by atoms with E-state index < -0.39 is 0 Å². The van der Waals surface area contributed by atoms with E-state index in [-0.39, 0.29) is 5.82 Å². The van der Waals surface area contributed by atoms with E-state index in [2.05, 4.69) is 5.32 Å². The van der Waals surface area contributed by atoms with Gasteiger partial charge in [0.05, 0.1) is 0 Å². The molecule has 0 unspecified atom stereocenters. The maximum absolute atomic E-state index is 13.3. The third-order valence-corrected chi connectivity index (χ3v) is 4.23. The van der Waals surface area contributed by atoms with Crippen molar-refractivity contribution in [3.8, 4) is 11.3 Å². The molecule has 2 aromatic heterocycles. The Bertz CT molecular complexity index is 1020. The second kappa shape index (κ2) is 6.57. The normalized spacial score (nSPS) is 11.0. The van der Waals surface area contributed by atoms with Gasteiger partial charge in [0.25, 0.3) is 0 Å². The van der Waals surface area contributed by atoms with Gasteiger partial charge in [0.1, 0.15) is 23.0 Å². The number of nitrogens with zero attached hydrogens (tertiary/aromatic N) is 2. The summed E-state index contributed by atoms with van der Waals surface area (Å²) < 4.78 is 15.3. The van der Waals surface area contributed by atoms with Crippen LogP contribution in [0.15, 0.2) is 72.9 Å². The van der Waals surface area contributed by atoms with Crippen molar-refractivity contribution in [1.29, 1.82) is 0 Å². The smallest absolute Gasteiger partial charge is 0.139 e. The van der Waals surface area contributed by atoms with Crippen LogP contribution in [0.4, 0.5) is 10.2 Å². The van der Waals surface area contributed by atoms with Crippen LogP contribution in [0, 0.1) is 5.82 Å². The summed E-state index contributed by atoms with van der Waals surface area (Å²) in [5.41, 5.74) is 3.55. The lowest BCUT2D eigenvalue weighted by molar-refractivity contribution is 0.628. The summed E-state index contributed by atoms with van der Waals surface area (Å²) in [5.74, 6) is 0.600. The standard InChI is InChI=1S/C20H15ClFN3/c21-16-5-3-4-14(12-16)13-23-20-19(15-7-9-17(22)10-8-15)24-18-6-1-2-11-25(18)20/h1-12,23H,13H2. The van der Waals surface area contributed by atoms with Crippen LogP contribution < -0.4 is 5.32 Å². The summed E-state index contributed by atoms with van der Waals surface area (Å²) in [5, 5.41) is 4.15. The Labute approximate surface area is 149 Å². The van der Waals surface area contributed by atoms with Crippen molar-refractivity contribution in [2.24, 2.45) is 0 Å². The number of rotatable bonds is 4. The third-order valence-electron chi connectivity index (χ3n) is 4.00. The minimum atomic E-state index is -0.263. The van der Waals surface area contributed by atoms with E-state index >= 15 is 0 Å². The third kappa shape index (κ3) is 3.21. The maximum atomic E-state index is 13.3. The van der Waals surface area contributed by atoms with E-state index in [4.69, 9.17) is 16.6 Å². The van der Waals surface area contributed by atoms with Gasteiger partial charge in [0, 0.05) is 23.3 Å². The molecule has 4 aromatic rings. The number of halogens is 2. The highest BCUT2D eigenvalue weighted by Crippen LogP contribution is 2.29. The van der Waals surface area contributed by atoms with Crippen LogP contribution in [0.25, 0.3) is 16.9 Å². The first-order valence-electron chi connectivity index (χ1n) is 7.92. The number of imidazole rings is 1. The lowest BCUT2D eigenvalue weighted by Gasteiger charge is -2.09. The lowest BCUT2D eigenvalue weighted by atomic mass is 10.1. The molecule has 3 nitrogen and oxygen atoms in total. The van der Waals surface area contributed by atoms with Crippen LogP contribution in [-0.4, -0.2) is 9.38 Å². The number of fused-ring (bicyclic) bond motifs is 1. The van der Waals surface area contributed by atoms with Gasteiger partial charge in [0.15, 0.2) is 0 Å². The number of benzene rings is 2. The SMILES string of the molecule is Fc1ccc(-c2nc3ccccn3c2NCc2cccc(Cl)c2)cc1. The van der Waals surface area contributed by atoms with E-state index in [1.165, 1.54) is 12.1 Å². The largest absolute Gasteiger partial charge is 0.365 e. The molecule has 0 aliphatic rings. The Kier molecular flexibility index (Phi) is 4.12. The van der Waals surface area contributed by atoms with Crippen LogP contribution in [0.1, 0.15) is 5.56 Å². The number of anilines is 1. The van der Waals surface area contributed by atoms with E-state index in [1.54, 1.807) is 12.1 Å². The van der Waals surface area contributed by atoms with Crippen molar-refractivity contribution in [2.45, 2.75) is 6.54 Å². The van der Waals surface area contributed by atoms with Crippen LogP contribution >= 0.6 is 11.6 Å². The van der Waals surface area contributed by atoms with Crippen molar-refractivity contribution >= 4 is 23.1 Å². The van der Waals surface area contributed by atoms with Gasteiger partial charge in [-0.1, -0.05) is 29.8 Å². The molecule has 4 rings (SSSR count). The molecule has 0 aliphatic heterocycles. The van der Waals surface area contributed by atoms with E-state index in [9.17, 15) is 4.39 Å². The highest BCUT2D eigenvalue weighted by Gasteiger charge is 2.13. The Morgan fingerprint density at radius 3 is 2.64 bits per heavy atom. The van der Waals surface area contributed by atoms with Gasteiger partial charge >= 0.3 is 0 Å². The molecule has 0 bridgehead atoms. The monoisotopic (exact) mass is 351 g/mol. The summed E-state index contributed by atoms with van der Waals surface area (Å²) in [7, 11) is 0. The molecule has 0 spiro atoms. The lowest BCUT2D eigenvalue weighted by Crippen LogP contribution is -2.03. The van der Waals surface area contributed by atoms with Crippen molar-refractivity contribution in [1.82, 2.24) is 9.38 Å². The van der Waals surface area contributed by atoms with Gasteiger partial charge in [-0.2, -0.15) is 0 Å². The zero-order valence-corrected chi connectivity index (χ0v) is 14.0. The first-order chi connectivity index (χ1) is 12.2. The first kappa shape index (κ1) is 15.7. The van der Waals surface area contributed by atoms with Gasteiger partial charge in [0.2, 0.25) is 0 Å². The predicted octanol–water partition coefficient (Wildman–Crippen LogP) is 5.41. The van der Waals surface area contributed by atoms with E-state index in [1.807, 2.05) is 53.1 Å². The summed E-state index contributed by atoms with van der Waals surface area (Å²) >= 11 is 6.06. The molecule has 124 valence electrons. The number of hydrogen-bond donors (Lipinski definition) is 1. The van der Waals surface area contributed by atoms with Crippen LogP contribution in [0.2, 0.25) is 5.02 Å². The van der Waals surface area contributed by atoms with Gasteiger partial charge in [-0.15, -0.1) is 0 Å². The molecule has 0 saturated carbocycles. The van der Waals surface area contributed by atoms with Gasteiger partial charge in [-0.25, -0.2) is 9.37 Å². The fourth-order valence-electron chi connectivity index (χ4n) is 2.81. The molecule has 2 aromatic carbocycles. The molecule has 1 N–H and O–H groups in total. The summed E-state index contributed by atoms with van der Waals surface area (Å²) in [6.07, 6.45) is 1.95. The molecule has 0 amide bonds. The Morgan fingerprint density at radius 2 is 1.84 bits per heavy atom. The highest BCUT2D eigenvalue weighted by atomic mass is 35.5. The molecule has 5 heteroatoms. The highest BCUT2D eigenvalue weighted by molar-refractivity contribution is 6.30. The molecule has 0 radical (unpaired) electrons. The molecule has 0 aliphatic carbocycles.